The summed E-state index contributed by atoms with van der Waals surface area (Å²) in [4.78, 5) is 4.80. The monoisotopic (exact) mass is 384 g/mol. The summed E-state index contributed by atoms with van der Waals surface area (Å²) in [6.07, 6.45) is 0.623. The summed E-state index contributed by atoms with van der Waals surface area (Å²) in [5, 5.41) is 0.960. The highest BCUT2D eigenvalue weighted by Gasteiger charge is 2.34. The molecule has 140 valence electrons. The first-order valence-corrected chi connectivity index (χ1v) is 10.0. The topological polar surface area (TPSA) is 68.7 Å². The zero-order chi connectivity index (χ0) is 19.2. The molecule has 0 N–H and O–H groups in total. The van der Waals surface area contributed by atoms with E-state index in [-0.39, 0.29) is 4.90 Å². The van der Waals surface area contributed by atoms with Crippen LogP contribution in [-0.4, -0.2) is 34.2 Å². The third-order valence-corrected chi connectivity index (χ3v) is 6.60. The molecule has 0 atom stereocenters. The fourth-order valence-corrected chi connectivity index (χ4v) is 5.07. The van der Waals surface area contributed by atoms with Crippen molar-refractivity contribution in [3.8, 4) is 11.5 Å². The first-order valence-electron chi connectivity index (χ1n) is 8.59. The molecule has 0 amide bonds. The van der Waals surface area contributed by atoms with Crippen molar-refractivity contribution in [1.82, 2.24) is 4.98 Å². The Morgan fingerprint density at radius 1 is 1.04 bits per heavy atom. The predicted molar refractivity (Wildman–Crippen MR) is 104 cm³/mol. The summed E-state index contributed by atoms with van der Waals surface area (Å²) in [6.45, 7) is 2.21. The Hall–Kier alpha value is -2.80. The summed E-state index contributed by atoms with van der Waals surface area (Å²) in [5.41, 5.74) is 2.47. The van der Waals surface area contributed by atoms with Crippen LogP contribution in [0.1, 0.15) is 11.1 Å². The fourth-order valence-electron chi connectivity index (χ4n) is 3.37. The Morgan fingerprint density at radius 3 is 2.59 bits per heavy atom. The molecule has 0 aliphatic carbocycles. The summed E-state index contributed by atoms with van der Waals surface area (Å²) in [7, 11) is -0.723. The van der Waals surface area contributed by atoms with Crippen molar-refractivity contribution in [2.24, 2.45) is 0 Å². The minimum Gasteiger partial charge on any atom is -0.497 e. The molecule has 4 rings (SSSR count). The molecule has 0 saturated carbocycles. The molecule has 1 aromatic heterocycles. The van der Waals surface area contributed by atoms with Crippen LogP contribution in [0, 0.1) is 6.92 Å². The van der Waals surface area contributed by atoms with Crippen LogP contribution in [0.4, 0.5) is 5.82 Å². The Balaban J connectivity index is 1.86. The zero-order valence-corrected chi connectivity index (χ0v) is 16.2. The molecule has 1 aliphatic rings. The standard InChI is InChI=1S/C20H20N2O4S/c1-13-4-7-18(26-3)19(10-13)27(23,24)22-9-8-15-11-14-5-6-16(25-2)12-17(14)21-20(15)22/h4-7,10-12H,8-9H2,1-3H3. The molecule has 0 fully saturated rings. The lowest BCUT2D eigenvalue weighted by Gasteiger charge is -2.20. The second-order valence-corrected chi connectivity index (χ2v) is 8.34. The van der Waals surface area contributed by atoms with Crippen LogP contribution >= 0.6 is 0 Å². The van der Waals surface area contributed by atoms with E-state index in [1.807, 2.05) is 37.3 Å². The van der Waals surface area contributed by atoms with E-state index >= 15 is 0 Å². The van der Waals surface area contributed by atoms with Crippen molar-refractivity contribution in [3.05, 3.63) is 53.6 Å². The largest absolute Gasteiger partial charge is 0.497 e. The van der Waals surface area contributed by atoms with Gasteiger partial charge in [0.05, 0.1) is 19.7 Å². The van der Waals surface area contributed by atoms with Crippen molar-refractivity contribution in [2.45, 2.75) is 18.2 Å². The van der Waals surface area contributed by atoms with Crippen LogP contribution in [-0.2, 0) is 16.4 Å². The highest BCUT2D eigenvalue weighted by atomic mass is 32.2. The van der Waals surface area contributed by atoms with E-state index in [0.29, 0.717) is 35.8 Å². The smallest absolute Gasteiger partial charge is 0.269 e. The van der Waals surface area contributed by atoms with Gasteiger partial charge in [0, 0.05) is 18.0 Å². The summed E-state index contributed by atoms with van der Waals surface area (Å²) >= 11 is 0. The lowest BCUT2D eigenvalue weighted by molar-refractivity contribution is 0.402. The molecule has 0 radical (unpaired) electrons. The van der Waals surface area contributed by atoms with Crippen LogP contribution in [0.2, 0.25) is 0 Å². The number of ether oxygens (including phenoxy) is 2. The van der Waals surface area contributed by atoms with E-state index in [1.54, 1.807) is 19.2 Å². The number of rotatable bonds is 4. The highest BCUT2D eigenvalue weighted by Crippen LogP contribution is 2.36. The normalized spacial score (nSPS) is 13.7. The molecule has 27 heavy (non-hydrogen) atoms. The second kappa shape index (κ2) is 6.42. The van der Waals surface area contributed by atoms with Gasteiger partial charge >= 0.3 is 0 Å². The van der Waals surface area contributed by atoms with E-state index in [0.717, 1.165) is 16.5 Å². The third kappa shape index (κ3) is 2.88. The molecule has 7 heteroatoms. The number of anilines is 1. The van der Waals surface area contributed by atoms with Crippen molar-refractivity contribution in [1.29, 1.82) is 0 Å². The molecule has 0 saturated heterocycles. The maximum Gasteiger partial charge on any atom is 0.269 e. The second-order valence-electron chi connectivity index (χ2n) is 6.51. The van der Waals surface area contributed by atoms with Gasteiger partial charge in [0.2, 0.25) is 0 Å². The number of methoxy groups -OCH3 is 2. The Labute approximate surface area is 158 Å². The minimum atomic E-state index is -3.79. The van der Waals surface area contributed by atoms with E-state index in [1.165, 1.54) is 11.4 Å². The fraction of sp³-hybridized carbons (Fsp3) is 0.250. The number of aromatic nitrogens is 1. The van der Waals surface area contributed by atoms with E-state index in [4.69, 9.17) is 9.47 Å². The lowest BCUT2D eigenvalue weighted by atomic mass is 10.1. The van der Waals surface area contributed by atoms with Crippen molar-refractivity contribution < 1.29 is 17.9 Å². The van der Waals surface area contributed by atoms with Gasteiger partial charge in [0.15, 0.2) is 0 Å². The van der Waals surface area contributed by atoms with Gasteiger partial charge in [0.25, 0.3) is 10.0 Å². The molecular weight excluding hydrogens is 364 g/mol. The summed E-state index contributed by atoms with van der Waals surface area (Å²) < 4.78 is 38.7. The molecular formula is C20H20N2O4S. The molecule has 3 aromatic rings. The number of hydrogen-bond donors (Lipinski definition) is 0. The molecule has 6 nitrogen and oxygen atoms in total. The van der Waals surface area contributed by atoms with Gasteiger partial charge in [-0.2, -0.15) is 0 Å². The van der Waals surface area contributed by atoms with Gasteiger partial charge in [-0.1, -0.05) is 6.07 Å². The quantitative estimate of drug-likeness (QED) is 0.690. The first-order chi connectivity index (χ1) is 12.9. The van der Waals surface area contributed by atoms with Gasteiger partial charge in [-0.05, 0) is 54.8 Å². The third-order valence-electron chi connectivity index (χ3n) is 4.79. The molecule has 0 spiro atoms. The number of fused-ring (bicyclic) bond motifs is 2. The van der Waals surface area contributed by atoms with Crippen molar-refractivity contribution in [2.75, 3.05) is 25.1 Å². The Morgan fingerprint density at radius 2 is 1.85 bits per heavy atom. The highest BCUT2D eigenvalue weighted by molar-refractivity contribution is 7.93. The lowest BCUT2D eigenvalue weighted by Crippen LogP contribution is -2.30. The van der Waals surface area contributed by atoms with Gasteiger partial charge in [-0.3, -0.25) is 0 Å². The number of hydrogen-bond acceptors (Lipinski definition) is 5. The van der Waals surface area contributed by atoms with E-state index < -0.39 is 10.0 Å². The Kier molecular flexibility index (Phi) is 4.19. The van der Waals surface area contributed by atoms with E-state index in [9.17, 15) is 8.42 Å². The van der Waals surface area contributed by atoms with Crippen LogP contribution in [0.15, 0.2) is 47.4 Å². The minimum absolute atomic E-state index is 0.158. The number of nitrogens with zero attached hydrogens (tertiary/aromatic N) is 2. The van der Waals surface area contributed by atoms with Crippen molar-refractivity contribution in [3.63, 3.8) is 0 Å². The van der Waals surface area contributed by atoms with Crippen LogP contribution in [0.25, 0.3) is 10.9 Å². The first kappa shape index (κ1) is 17.6. The molecule has 1 aliphatic heterocycles. The summed E-state index contributed by atoms with van der Waals surface area (Å²) in [6, 6.07) is 12.8. The van der Waals surface area contributed by atoms with Gasteiger partial charge in [-0.25, -0.2) is 17.7 Å². The number of aryl methyl sites for hydroxylation is 1. The van der Waals surface area contributed by atoms with Crippen LogP contribution in [0.3, 0.4) is 0 Å². The number of benzene rings is 2. The molecule has 2 heterocycles. The van der Waals surface area contributed by atoms with Gasteiger partial charge < -0.3 is 9.47 Å². The van der Waals surface area contributed by atoms with Crippen molar-refractivity contribution >= 4 is 26.7 Å². The molecule has 2 aromatic carbocycles. The maximum absolute atomic E-state index is 13.4. The predicted octanol–water partition coefficient (Wildman–Crippen LogP) is 3.31. The van der Waals surface area contributed by atoms with Gasteiger partial charge in [-0.15, -0.1) is 0 Å². The Bertz CT molecular complexity index is 1140. The van der Waals surface area contributed by atoms with E-state index in [2.05, 4.69) is 4.98 Å². The number of pyridine rings is 1. The van der Waals surface area contributed by atoms with Crippen LogP contribution < -0.4 is 13.8 Å². The SMILES string of the molecule is COc1ccc2cc3c(nc2c1)N(S(=O)(=O)c1cc(C)ccc1OC)CC3. The van der Waals surface area contributed by atoms with Crippen LogP contribution in [0.5, 0.6) is 11.5 Å². The average molecular weight is 384 g/mol. The molecule has 0 unspecified atom stereocenters. The molecule has 0 bridgehead atoms. The summed E-state index contributed by atoms with van der Waals surface area (Å²) in [5.74, 6) is 1.48. The maximum atomic E-state index is 13.4. The average Bonchev–Trinajstić information content (AvgIpc) is 3.09. The number of sulfonamides is 1. The van der Waals surface area contributed by atoms with Gasteiger partial charge in [0.1, 0.15) is 22.2 Å². The zero-order valence-electron chi connectivity index (χ0n) is 15.4.